The van der Waals surface area contributed by atoms with Gasteiger partial charge in [-0.05, 0) is 51.1 Å². The number of hydrogen-bond acceptors (Lipinski definition) is 4. The molecule has 22 heavy (non-hydrogen) atoms. The first-order valence-electron chi connectivity index (χ1n) is 8.26. The second kappa shape index (κ2) is 6.57. The molecular weight excluding hydrogens is 276 g/mol. The number of methoxy groups -OCH3 is 1. The van der Waals surface area contributed by atoms with Crippen LogP contribution in [0.15, 0.2) is 24.3 Å². The lowest BCUT2D eigenvalue weighted by atomic mass is 9.87. The van der Waals surface area contributed by atoms with Crippen molar-refractivity contribution in [2.75, 3.05) is 40.9 Å². The van der Waals surface area contributed by atoms with Crippen LogP contribution < -0.4 is 4.74 Å². The van der Waals surface area contributed by atoms with Gasteiger partial charge in [0.05, 0.1) is 19.3 Å². The summed E-state index contributed by atoms with van der Waals surface area (Å²) in [7, 11) is 6.03. The van der Waals surface area contributed by atoms with Crippen LogP contribution in [0.25, 0.3) is 0 Å². The summed E-state index contributed by atoms with van der Waals surface area (Å²) in [5.41, 5.74) is 1.50. The molecule has 0 N–H and O–H groups in total. The van der Waals surface area contributed by atoms with Crippen molar-refractivity contribution in [1.29, 1.82) is 0 Å². The molecule has 2 aliphatic rings. The Balaban J connectivity index is 1.51. The van der Waals surface area contributed by atoms with Crippen LogP contribution in [0.2, 0.25) is 0 Å². The molecule has 1 atom stereocenters. The number of rotatable bonds is 4. The van der Waals surface area contributed by atoms with Crippen molar-refractivity contribution in [2.45, 2.75) is 37.5 Å². The summed E-state index contributed by atoms with van der Waals surface area (Å²) in [5.74, 6) is 0.926. The summed E-state index contributed by atoms with van der Waals surface area (Å²) in [4.78, 5) is 4.85. The molecule has 1 aromatic carbocycles. The molecule has 2 aliphatic heterocycles. The highest BCUT2D eigenvalue weighted by Crippen LogP contribution is 2.37. The van der Waals surface area contributed by atoms with Crippen molar-refractivity contribution in [3.8, 4) is 5.75 Å². The molecule has 0 aromatic heterocycles. The molecule has 4 nitrogen and oxygen atoms in total. The summed E-state index contributed by atoms with van der Waals surface area (Å²) >= 11 is 0. The smallest absolute Gasteiger partial charge is 0.118 e. The second-order valence-electron chi connectivity index (χ2n) is 6.94. The average Bonchev–Trinajstić information content (AvgIpc) is 2.95. The lowest BCUT2D eigenvalue weighted by Gasteiger charge is -2.39. The van der Waals surface area contributed by atoms with E-state index in [9.17, 15) is 0 Å². The number of likely N-dealkylation sites (N-methyl/N-ethyl adjacent to an activating group) is 1. The van der Waals surface area contributed by atoms with E-state index >= 15 is 0 Å². The average molecular weight is 304 g/mol. The number of ether oxygens (including phenoxy) is 2. The second-order valence-corrected chi connectivity index (χ2v) is 6.94. The Bertz CT molecular complexity index is 478. The van der Waals surface area contributed by atoms with E-state index in [4.69, 9.17) is 9.47 Å². The van der Waals surface area contributed by atoms with Crippen LogP contribution >= 0.6 is 0 Å². The highest BCUT2D eigenvalue weighted by atomic mass is 16.5. The summed E-state index contributed by atoms with van der Waals surface area (Å²) in [6.45, 7) is 4.18. The Morgan fingerprint density at radius 2 is 1.91 bits per heavy atom. The number of hydrogen-bond donors (Lipinski definition) is 0. The predicted octanol–water partition coefficient (Wildman–Crippen LogP) is 2.38. The van der Waals surface area contributed by atoms with E-state index in [1.807, 2.05) is 12.1 Å². The van der Waals surface area contributed by atoms with Crippen LogP contribution in [-0.4, -0.2) is 62.3 Å². The molecule has 2 fully saturated rings. The van der Waals surface area contributed by atoms with Crippen LogP contribution in [0.4, 0.5) is 0 Å². The highest BCUT2D eigenvalue weighted by Gasteiger charge is 2.43. The van der Waals surface area contributed by atoms with Gasteiger partial charge in [-0.1, -0.05) is 12.1 Å². The third-order valence-corrected chi connectivity index (χ3v) is 5.25. The van der Waals surface area contributed by atoms with Crippen molar-refractivity contribution in [2.24, 2.45) is 0 Å². The maximum absolute atomic E-state index is 6.20. The Morgan fingerprint density at radius 1 is 1.23 bits per heavy atom. The van der Waals surface area contributed by atoms with E-state index in [-0.39, 0.29) is 5.60 Å². The van der Waals surface area contributed by atoms with Gasteiger partial charge in [0.2, 0.25) is 0 Å². The molecule has 2 saturated heterocycles. The first-order valence-corrected chi connectivity index (χ1v) is 8.26. The Kier molecular flexibility index (Phi) is 4.71. The van der Waals surface area contributed by atoms with Crippen LogP contribution in [0.1, 0.15) is 24.8 Å². The fraction of sp³-hybridized carbons (Fsp3) is 0.667. The lowest BCUT2D eigenvalue weighted by molar-refractivity contribution is -0.0451. The molecule has 2 heterocycles. The van der Waals surface area contributed by atoms with Gasteiger partial charge in [0, 0.05) is 25.7 Å². The van der Waals surface area contributed by atoms with Gasteiger partial charge in [0.1, 0.15) is 5.75 Å². The van der Waals surface area contributed by atoms with Crippen molar-refractivity contribution >= 4 is 0 Å². The highest BCUT2D eigenvalue weighted by molar-refractivity contribution is 5.27. The molecule has 4 heteroatoms. The van der Waals surface area contributed by atoms with Crippen molar-refractivity contribution in [3.63, 3.8) is 0 Å². The lowest BCUT2D eigenvalue weighted by Crippen LogP contribution is -2.44. The van der Waals surface area contributed by atoms with Crippen molar-refractivity contribution < 1.29 is 9.47 Å². The quantitative estimate of drug-likeness (QED) is 0.853. The molecule has 0 amide bonds. The van der Waals surface area contributed by atoms with E-state index in [0.717, 1.165) is 44.8 Å². The van der Waals surface area contributed by atoms with Crippen LogP contribution in [0.3, 0.4) is 0 Å². The van der Waals surface area contributed by atoms with Gasteiger partial charge < -0.3 is 14.4 Å². The Morgan fingerprint density at radius 3 is 2.45 bits per heavy atom. The van der Waals surface area contributed by atoms with Crippen molar-refractivity contribution in [1.82, 2.24) is 9.80 Å². The molecule has 1 spiro atoms. The maximum Gasteiger partial charge on any atom is 0.118 e. The SMILES string of the molecule is COc1ccc(CN2CCC3(CC2)C[C@@H](N(C)C)CO3)cc1. The molecule has 0 unspecified atom stereocenters. The first kappa shape index (κ1) is 15.8. The van der Waals surface area contributed by atoms with Crippen LogP contribution in [0.5, 0.6) is 5.75 Å². The van der Waals surface area contributed by atoms with Gasteiger partial charge in [-0.2, -0.15) is 0 Å². The van der Waals surface area contributed by atoms with Gasteiger partial charge >= 0.3 is 0 Å². The summed E-state index contributed by atoms with van der Waals surface area (Å²) < 4.78 is 11.4. The molecule has 0 radical (unpaired) electrons. The van der Waals surface area contributed by atoms with E-state index < -0.39 is 0 Å². The van der Waals surface area contributed by atoms with Gasteiger partial charge in [0.25, 0.3) is 0 Å². The summed E-state index contributed by atoms with van der Waals surface area (Å²) in [6.07, 6.45) is 3.51. The fourth-order valence-corrected chi connectivity index (χ4v) is 3.61. The van der Waals surface area contributed by atoms with E-state index in [1.54, 1.807) is 7.11 Å². The summed E-state index contributed by atoms with van der Waals surface area (Å²) in [5, 5.41) is 0. The molecule has 3 rings (SSSR count). The predicted molar refractivity (Wildman–Crippen MR) is 88.3 cm³/mol. The van der Waals surface area contributed by atoms with E-state index in [2.05, 4.69) is 36.0 Å². The van der Waals surface area contributed by atoms with Gasteiger partial charge in [-0.25, -0.2) is 0 Å². The van der Waals surface area contributed by atoms with Crippen LogP contribution in [-0.2, 0) is 11.3 Å². The minimum atomic E-state index is 0.144. The number of likely N-dealkylation sites (tertiary alicyclic amines) is 1. The molecule has 1 aromatic rings. The minimum absolute atomic E-state index is 0.144. The number of nitrogens with zero attached hydrogens (tertiary/aromatic N) is 2. The van der Waals surface area contributed by atoms with Gasteiger partial charge in [-0.3, -0.25) is 4.90 Å². The van der Waals surface area contributed by atoms with E-state index in [1.165, 1.54) is 12.0 Å². The standard InChI is InChI=1S/C18H28N2O2/c1-19(2)16-12-18(22-14-16)8-10-20(11-9-18)13-15-4-6-17(21-3)7-5-15/h4-7,16H,8-14H2,1-3H3/t16-/m1/s1. The first-order chi connectivity index (χ1) is 10.6. The summed E-state index contributed by atoms with van der Waals surface area (Å²) in [6, 6.07) is 9.01. The van der Waals surface area contributed by atoms with Gasteiger partial charge in [0.15, 0.2) is 0 Å². The van der Waals surface area contributed by atoms with Gasteiger partial charge in [-0.15, -0.1) is 0 Å². The molecular formula is C18H28N2O2. The van der Waals surface area contributed by atoms with E-state index in [0.29, 0.717) is 6.04 Å². The van der Waals surface area contributed by atoms with Crippen molar-refractivity contribution in [3.05, 3.63) is 29.8 Å². The Hall–Kier alpha value is -1.10. The third-order valence-electron chi connectivity index (χ3n) is 5.25. The largest absolute Gasteiger partial charge is 0.497 e. The molecule has 0 aliphatic carbocycles. The minimum Gasteiger partial charge on any atom is -0.497 e. The van der Waals surface area contributed by atoms with Crippen LogP contribution in [0, 0.1) is 0 Å². The Labute approximate surface area is 134 Å². The maximum atomic E-state index is 6.20. The topological polar surface area (TPSA) is 24.9 Å². The number of piperidine rings is 1. The zero-order valence-electron chi connectivity index (χ0n) is 14.0. The molecule has 0 bridgehead atoms. The zero-order valence-corrected chi connectivity index (χ0v) is 14.0. The molecule has 122 valence electrons. The number of benzene rings is 1. The zero-order chi connectivity index (χ0) is 15.6. The monoisotopic (exact) mass is 304 g/mol. The molecule has 0 saturated carbocycles. The normalized spacial score (nSPS) is 25.0. The fourth-order valence-electron chi connectivity index (χ4n) is 3.61. The third kappa shape index (κ3) is 3.45.